The highest BCUT2D eigenvalue weighted by atomic mass is 32.1. The van der Waals surface area contributed by atoms with Gasteiger partial charge in [-0.1, -0.05) is 17.4 Å². The molecule has 0 aliphatic rings. The van der Waals surface area contributed by atoms with Gasteiger partial charge in [0.1, 0.15) is 11.3 Å². The molecule has 0 saturated heterocycles. The first-order valence-corrected chi connectivity index (χ1v) is 12.0. The van der Waals surface area contributed by atoms with Gasteiger partial charge in [-0.05, 0) is 69.4 Å². The van der Waals surface area contributed by atoms with E-state index in [-0.39, 0.29) is 5.91 Å². The van der Waals surface area contributed by atoms with Crippen molar-refractivity contribution in [2.75, 3.05) is 60.5 Å². The number of benzene rings is 2. The topological polar surface area (TPSA) is 73.4 Å². The number of carbonyl (C=O) groups is 1. The first kappa shape index (κ1) is 26.3. The van der Waals surface area contributed by atoms with Crippen molar-refractivity contribution in [3.05, 3.63) is 41.5 Å². The Morgan fingerprint density at radius 2 is 1.63 bits per heavy atom. The molecule has 8 nitrogen and oxygen atoms in total. The van der Waals surface area contributed by atoms with Crippen LogP contribution < -0.4 is 23.8 Å². The summed E-state index contributed by atoms with van der Waals surface area (Å²) in [5.74, 6) is 2.09. The minimum absolute atomic E-state index is 0.159. The number of methoxy groups -OCH3 is 4. The van der Waals surface area contributed by atoms with Gasteiger partial charge in [0, 0.05) is 12.6 Å². The van der Waals surface area contributed by atoms with E-state index >= 15 is 0 Å². The van der Waals surface area contributed by atoms with E-state index in [2.05, 4.69) is 4.90 Å². The third-order valence-corrected chi connectivity index (χ3v) is 6.72. The molecular formula is C26H33N3O5S. The molecule has 0 saturated carbocycles. The molecule has 0 atom stereocenters. The Morgan fingerprint density at radius 1 is 0.971 bits per heavy atom. The summed E-state index contributed by atoms with van der Waals surface area (Å²) in [5.41, 5.74) is 2.62. The van der Waals surface area contributed by atoms with Crippen LogP contribution in [0.2, 0.25) is 0 Å². The maximum absolute atomic E-state index is 13.4. The molecule has 0 unspecified atom stereocenters. The van der Waals surface area contributed by atoms with Crippen LogP contribution in [0.5, 0.6) is 23.0 Å². The normalized spacial score (nSPS) is 11.3. The van der Waals surface area contributed by atoms with Crippen molar-refractivity contribution in [2.45, 2.75) is 13.3 Å². The average Bonchev–Trinajstić information content (AvgIpc) is 3.30. The van der Waals surface area contributed by atoms with E-state index in [9.17, 15) is 4.79 Å². The number of anilines is 1. The number of rotatable bonds is 11. The Kier molecular flexibility index (Phi) is 8.95. The molecule has 35 heavy (non-hydrogen) atoms. The number of thiazole rings is 1. The molecule has 1 amide bonds. The van der Waals surface area contributed by atoms with Crippen LogP contribution in [-0.2, 0) is 4.79 Å². The van der Waals surface area contributed by atoms with Crippen molar-refractivity contribution in [1.29, 1.82) is 0 Å². The van der Waals surface area contributed by atoms with Crippen LogP contribution >= 0.6 is 11.3 Å². The Balaban J connectivity index is 1.96. The summed E-state index contributed by atoms with van der Waals surface area (Å²) in [7, 11) is 10.3. The monoisotopic (exact) mass is 499 g/mol. The van der Waals surface area contributed by atoms with Gasteiger partial charge in [-0.3, -0.25) is 9.69 Å². The molecule has 1 aromatic heterocycles. The minimum atomic E-state index is -0.159. The summed E-state index contributed by atoms with van der Waals surface area (Å²) in [6.45, 7) is 3.43. The number of aryl methyl sites for hydroxylation is 1. The molecule has 0 radical (unpaired) electrons. The maximum atomic E-state index is 13.4. The second-order valence-electron chi connectivity index (χ2n) is 8.20. The zero-order valence-corrected chi connectivity index (χ0v) is 22.2. The van der Waals surface area contributed by atoms with E-state index in [4.69, 9.17) is 23.9 Å². The lowest BCUT2D eigenvalue weighted by Crippen LogP contribution is -2.32. The summed E-state index contributed by atoms with van der Waals surface area (Å²) in [4.78, 5) is 22.0. The van der Waals surface area contributed by atoms with E-state index in [0.717, 1.165) is 34.3 Å². The molecular weight excluding hydrogens is 466 g/mol. The van der Waals surface area contributed by atoms with E-state index in [1.54, 1.807) is 57.6 Å². The highest BCUT2D eigenvalue weighted by Gasteiger charge is 2.20. The van der Waals surface area contributed by atoms with E-state index in [1.165, 1.54) is 11.3 Å². The number of aromatic nitrogens is 1. The van der Waals surface area contributed by atoms with E-state index < -0.39 is 0 Å². The number of ether oxygens (including phenoxy) is 4. The quantitative estimate of drug-likeness (QED) is 0.356. The third kappa shape index (κ3) is 6.04. The van der Waals surface area contributed by atoms with Crippen LogP contribution in [-0.4, -0.2) is 71.4 Å². The van der Waals surface area contributed by atoms with Gasteiger partial charge in [-0.15, -0.1) is 0 Å². The summed E-state index contributed by atoms with van der Waals surface area (Å²) < 4.78 is 22.8. The second-order valence-corrected chi connectivity index (χ2v) is 9.18. The molecule has 0 fully saturated rings. The van der Waals surface area contributed by atoms with Crippen LogP contribution in [0.4, 0.5) is 5.13 Å². The van der Waals surface area contributed by atoms with Crippen molar-refractivity contribution in [3.63, 3.8) is 0 Å². The van der Waals surface area contributed by atoms with Gasteiger partial charge in [0.05, 0.1) is 33.1 Å². The summed E-state index contributed by atoms with van der Waals surface area (Å²) in [6.07, 6.45) is 4.10. The SMILES string of the molecule is COc1cc(/C=C/C(=O)N(CCCN(C)C)c2nc3c(OC)ccc(C)c3s2)cc(OC)c1OC. The predicted molar refractivity (Wildman–Crippen MR) is 142 cm³/mol. The van der Waals surface area contributed by atoms with Crippen molar-refractivity contribution in [2.24, 2.45) is 0 Å². The summed E-state index contributed by atoms with van der Waals surface area (Å²) >= 11 is 1.50. The lowest BCUT2D eigenvalue weighted by Gasteiger charge is -2.19. The maximum Gasteiger partial charge on any atom is 0.252 e. The molecule has 1 heterocycles. The average molecular weight is 500 g/mol. The van der Waals surface area contributed by atoms with Crippen LogP contribution in [0, 0.1) is 6.92 Å². The van der Waals surface area contributed by atoms with E-state index in [0.29, 0.717) is 34.7 Å². The van der Waals surface area contributed by atoms with Gasteiger partial charge in [-0.25, -0.2) is 4.98 Å². The standard InChI is InChI=1S/C26H33N3O5S/c1-17-9-11-19(31-4)23-25(17)35-26(27-23)29(14-8-13-28(2)3)22(30)12-10-18-15-20(32-5)24(34-7)21(16-18)33-6/h9-12,15-16H,8,13-14H2,1-7H3/b12-10+. The highest BCUT2D eigenvalue weighted by molar-refractivity contribution is 7.22. The number of fused-ring (bicyclic) bond motifs is 1. The van der Waals surface area contributed by atoms with Gasteiger partial charge in [0.2, 0.25) is 5.75 Å². The van der Waals surface area contributed by atoms with Gasteiger partial charge in [0.15, 0.2) is 16.6 Å². The fourth-order valence-corrected chi connectivity index (χ4v) is 4.76. The second kappa shape index (κ2) is 11.9. The number of carbonyl (C=O) groups excluding carboxylic acids is 1. The van der Waals surface area contributed by atoms with Crippen LogP contribution in [0.15, 0.2) is 30.3 Å². The van der Waals surface area contributed by atoms with Crippen LogP contribution in [0.3, 0.4) is 0 Å². The van der Waals surface area contributed by atoms with Crippen LogP contribution in [0.1, 0.15) is 17.5 Å². The molecule has 3 rings (SSSR count). The van der Waals surface area contributed by atoms with Gasteiger partial charge >= 0.3 is 0 Å². The molecule has 188 valence electrons. The molecule has 0 aliphatic heterocycles. The van der Waals surface area contributed by atoms with Gasteiger partial charge in [-0.2, -0.15) is 0 Å². The molecule has 0 spiro atoms. The summed E-state index contributed by atoms with van der Waals surface area (Å²) in [5, 5.41) is 0.644. The lowest BCUT2D eigenvalue weighted by molar-refractivity contribution is -0.114. The fraction of sp³-hybridized carbons (Fsp3) is 0.385. The fourth-order valence-electron chi connectivity index (χ4n) is 3.68. The number of amides is 1. The predicted octanol–water partition coefficient (Wildman–Crippen LogP) is 4.64. The highest BCUT2D eigenvalue weighted by Crippen LogP contribution is 2.39. The Morgan fingerprint density at radius 3 is 2.20 bits per heavy atom. The number of hydrogen-bond donors (Lipinski definition) is 0. The lowest BCUT2D eigenvalue weighted by atomic mass is 10.1. The summed E-state index contributed by atoms with van der Waals surface area (Å²) in [6, 6.07) is 7.51. The largest absolute Gasteiger partial charge is 0.494 e. The van der Waals surface area contributed by atoms with Gasteiger partial charge in [0.25, 0.3) is 5.91 Å². The third-order valence-electron chi connectivity index (χ3n) is 5.50. The first-order chi connectivity index (χ1) is 16.8. The Bertz CT molecular complexity index is 1180. The minimum Gasteiger partial charge on any atom is -0.494 e. The van der Waals surface area contributed by atoms with E-state index in [1.807, 2.05) is 33.2 Å². The first-order valence-electron chi connectivity index (χ1n) is 11.2. The number of nitrogens with zero attached hydrogens (tertiary/aromatic N) is 3. The molecule has 0 aliphatic carbocycles. The smallest absolute Gasteiger partial charge is 0.252 e. The Labute approximate surface area is 210 Å². The molecule has 3 aromatic rings. The molecule has 9 heteroatoms. The van der Waals surface area contributed by atoms with Crippen LogP contribution in [0.25, 0.3) is 16.3 Å². The van der Waals surface area contributed by atoms with Gasteiger partial charge < -0.3 is 23.8 Å². The van der Waals surface area contributed by atoms with Crippen molar-refractivity contribution < 1.29 is 23.7 Å². The van der Waals surface area contributed by atoms with Crippen molar-refractivity contribution in [1.82, 2.24) is 9.88 Å². The Hall–Kier alpha value is -3.30. The zero-order chi connectivity index (χ0) is 25.5. The zero-order valence-electron chi connectivity index (χ0n) is 21.4. The van der Waals surface area contributed by atoms with Crippen molar-refractivity contribution >= 4 is 38.7 Å². The molecule has 2 aromatic carbocycles. The van der Waals surface area contributed by atoms with Crippen molar-refractivity contribution in [3.8, 4) is 23.0 Å². The molecule has 0 N–H and O–H groups in total. The molecule has 0 bridgehead atoms. The number of hydrogen-bond acceptors (Lipinski definition) is 8.